The van der Waals surface area contributed by atoms with E-state index in [0.29, 0.717) is 0 Å². The standard InChI is InChI=1S/C11H11N3S/c12-10-3-1-2-4-11(10)15-8-9-7-13-5-6-14-9/h1-7H,8,12H2. The van der Waals surface area contributed by atoms with Crippen LogP contribution in [0, 0.1) is 0 Å². The monoisotopic (exact) mass is 217 g/mol. The Balaban J connectivity index is 2.03. The predicted octanol–water partition coefficient (Wildman–Crippen LogP) is 2.35. The molecule has 2 aromatic rings. The Hall–Kier alpha value is -1.55. The Bertz CT molecular complexity index is 431. The van der Waals surface area contributed by atoms with Gasteiger partial charge in [0.2, 0.25) is 0 Å². The third-order valence-corrected chi connectivity index (χ3v) is 3.03. The molecule has 15 heavy (non-hydrogen) atoms. The quantitative estimate of drug-likeness (QED) is 0.633. The van der Waals surface area contributed by atoms with Crippen molar-refractivity contribution in [3.05, 3.63) is 48.5 Å². The van der Waals surface area contributed by atoms with Crippen molar-refractivity contribution in [1.29, 1.82) is 0 Å². The Labute approximate surface area is 92.8 Å². The van der Waals surface area contributed by atoms with Crippen molar-refractivity contribution in [2.24, 2.45) is 0 Å². The second-order valence-electron chi connectivity index (χ2n) is 3.02. The highest BCUT2D eigenvalue weighted by atomic mass is 32.2. The molecule has 0 aliphatic heterocycles. The van der Waals surface area contributed by atoms with Gasteiger partial charge in [-0.2, -0.15) is 0 Å². The molecule has 0 radical (unpaired) electrons. The van der Waals surface area contributed by atoms with E-state index in [1.54, 1.807) is 30.4 Å². The fraction of sp³-hybridized carbons (Fsp3) is 0.0909. The lowest BCUT2D eigenvalue weighted by Gasteiger charge is -2.03. The number of rotatable bonds is 3. The van der Waals surface area contributed by atoms with Gasteiger partial charge in [0.05, 0.1) is 5.69 Å². The van der Waals surface area contributed by atoms with Gasteiger partial charge in [-0.05, 0) is 12.1 Å². The van der Waals surface area contributed by atoms with E-state index in [-0.39, 0.29) is 0 Å². The number of nitrogens with two attached hydrogens (primary N) is 1. The minimum absolute atomic E-state index is 0.794. The lowest BCUT2D eigenvalue weighted by molar-refractivity contribution is 1.10. The average Bonchev–Trinajstić information content (AvgIpc) is 2.29. The summed E-state index contributed by atoms with van der Waals surface area (Å²) in [5.41, 5.74) is 7.60. The summed E-state index contributed by atoms with van der Waals surface area (Å²) in [6.07, 6.45) is 5.14. The minimum Gasteiger partial charge on any atom is -0.398 e. The first-order valence-corrected chi connectivity index (χ1v) is 5.57. The van der Waals surface area contributed by atoms with Crippen LogP contribution in [0.4, 0.5) is 5.69 Å². The second-order valence-corrected chi connectivity index (χ2v) is 4.04. The van der Waals surface area contributed by atoms with Crippen LogP contribution in [0.2, 0.25) is 0 Å². The Morgan fingerprint density at radius 2 is 2.07 bits per heavy atom. The van der Waals surface area contributed by atoms with E-state index >= 15 is 0 Å². The minimum atomic E-state index is 0.794. The lowest BCUT2D eigenvalue weighted by Crippen LogP contribution is -1.90. The van der Waals surface area contributed by atoms with E-state index in [4.69, 9.17) is 5.73 Å². The van der Waals surface area contributed by atoms with E-state index in [9.17, 15) is 0 Å². The lowest BCUT2D eigenvalue weighted by atomic mass is 10.3. The maximum Gasteiger partial charge on any atom is 0.0689 e. The molecule has 0 amide bonds. The van der Waals surface area contributed by atoms with Crippen LogP contribution in [0.15, 0.2) is 47.8 Å². The number of nitrogen functional groups attached to an aromatic ring is 1. The predicted molar refractivity (Wildman–Crippen MR) is 62.4 cm³/mol. The summed E-state index contributed by atoms with van der Waals surface area (Å²) in [7, 11) is 0. The molecule has 76 valence electrons. The Morgan fingerprint density at radius 1 is 1.20 bits per heavy atom. The molecule has 0 bridgehead atoms. The fourth-order valence-corrected chi connectivity index (χ4v) is 2.03. The van der Waals surface area contributed by atoms with Crippen molar-refractivity contribution < 1.29 is 0 Å². The van der Waals surface area contributed by atoms with Crippen LogP contribution < -0.4 is 5.73 Å². The molecule has 1 heterocycles. The molecule has 1 aromatic heterocycles. The van der Waals surface area contributed by atoms with Crippen molar-refractivity contribution >= 4 is 17.4 Å². The van der Waals surface area contributed by atoms with Gasteiger partial charge in [0, 0.05) is 34.9 Å². The number of hydrogen-bond donors (Lipinski definition) is 1. The van der Waals surface area contributed by atoms with Gasteiger partial charge < -0.3 is 5.73 Å². The molecule has 0 aliphatic carbocycles. The number of anilines is 1. The Morgan fingerprint density at radius 3 is 2.80 bits per heavy atom. The fourth-order valence-electron chi connectivity index (χ4n) is 1.17. The third-order valence-electron chi connectivity index (χ3n) is 1.91. The highest BCUT2D eigenvalue weighted by Gasteiger charge is 1.99. The van der Waals surface area contributed by atoms with E-state index in [1.807, 2.05) is 24.3 Å². The molecule has 0 fully saturated rings. The van der Waals surface area contributed by atoms with Crippen LogP contribution in [0.5, 0.6) is 0 Å². The molecule has 0 unspecified atom stereocenters. The van der Waals surface area contributed by atoms with Gasteiger partial charge in [0.1, 0.15) is 0 Å². The smallest absolute Gasteiger partial charge is 0.0689 e. The molecule has 0 saturated carbocycles. The molecular weight excluding hydrogens is 206 g/mol. The maximum absolute atomic E-state index is 5.83. The SMILES string of the molecule is Nc1ccccc1SCc1cnccn1. The molecule has 0 spiro atoms. The zero-order valence-corrected chi connectivity index (χ0v) is 8.95. The molecule has 2 rings (SSSR count). The van der Waals surface area contributed by atoms with E-state index < -0.39 is 0 Å². The number of thioether (sulfide) groups is 1. The topological polar surface area (TPSA) is 51.8 Å². The number of aromatic nitrogens is 2. The summed E-state index contributed by atoms with van der Waals surface area (Å²) in [5, 5.41) is 0. The highest BCUT2D eigenvalue weighted by Crippen LogP contribution is 2.26. The first-order valence-electron chi connectivity index (χ1n) is 4.58. The van der Waals surface area contributed by atoms with E-state index in [1.165, 1.54) is 0 Å². The van der Waals surface area contributed by atoms with Crippen LogP contribution in [0.25, 0.3) is 0 Å². The molecule has 1 aromatic carbocycles. The summed E-state index contributed by atoms with van der Waals surface area (Å²) in [4.78, 5) is 9.30. The molecular formula is C11H11N3S. The first kappa shape index (κ1) is 9.98. The van der Waals surface area contributed by atoms with Gasteiger partial charge in [-0.25, -0.2) is 0 Å². The van der Waals surface area contributed by atoms with Gasteiger partial charge in [-0.15, -0.1) is 11.8 Å². The zero-order chi connectivity index (χ0) is 10.5. The summed E-state index contributed by atoms with van der Waals surface area (Å²) >= 11 is 1.67. The number of nitrogens with zero attached hydrogens (tertiary/aromatic N) is 2. The van der Waals surface area contributed by atoms with Gasteiger partial charge >= 0.3 is 0 Å². The second kappa shape index (κ2) is 4.79. The van der Waals surface area contributed by atoms with Crippen LogP contribution in [0.3, 0.4) is 0 Å². The third kappa shape index (κ3) is 2.70. The zero-order valence-electron chi connectivity index (χ0n) is 8.13. The van der Waals surface area contributed by atoms with Crippen LogP contribution >= 0.6 is 11.8 Å². The largest absolute Gasteiger partial charge is 0.398 e. The van der Waals surface area contributed by atoms with Gasteiger partial charge in [-0.3, -0.25) is 9.97 Å². The average molecular weight is 217 g/mol. The first-order chi connectivity index (χ1) is 7.36. The van der Waals surface area contributed by atoms with E-state index in [0.717, 1.165) is 22.0 Å². The van der Waals surface area contributed by atoms with Crippen LogP contribution in [0.1, 0.15) is 5.69 Å². The summed E-state index contributed by atoms with van der Waals surface area (Å²) in [6, 6.07) is 7.83. The molecule has 2 N–H and O–H groups in total. The van der Waals surface area contributed by atoms with Crippen LogP contribution in [-0.2, 0) is 5.75 Å². The summed E-state index contributed by atoms with van der Waals surface area (Å²) < 4.78 is 0. The van der Waals surface area contributed by atoms with Crippen molar-refractivity contribution in [1.82, 2.24) is 9.97 Å². The van der Waals surface area contributed by atoms with Gasteiger partial charge in [-0.1, -0.05) is 12.1 Å². The maximum atomic E-state index is 5.83. The normalized spacial score (nSPS) is 10.1. The van der Waals surface area contributed by atoms with Gasteiger partial charge in [0.15, 0.2) is 0 Å². The summed E-state index contributed by atoms with van der Waals surface area (Å²) in [6.45, 7) is 0. The molecule has 0 saturated heterocycles. The Kier molecular flexibility index (Phi) is 3.19. The number of benzene rings is 1. The van der Waals surface area contributed by atoms with Crippen LogP contribution in [-0.4, -0.2) is 9.97 Å². The van der Waals surface area contributed by atoms with Crippen molar-refractivity contribution in [3.63, 3.8) is 0 Å². The molecule has 4 heteroatoms. The van der Waals surface area contributed by atoms with Crippen molar-refractivity contribution in [3.8, 4) is 0 Å². The number of hydrogen-bond acceptors (Lipinski definition) is 4. The van der Waals surface area contributed by atoms with Gasteiger partial charge in [0.25, 0.3) is 0 Å². The highest BCUT2D eigenvalue weighted by molar-refractivity contribution is 7.98. The molecule has 3 nitrogen and oxygen atoms in total. The van der Waals surface area contributed by atoms with Crippen molar-refractivity contribution in [2.45, 2.75) is 10.6 Å². The summed E-state index contributed by atoms with van der Waals surface area (Å²) in [5.74, 6) is 0.794. The van der Waals surface area contributed by atoms with Crippen molar-refractivity contribution in [2.75, 3.05) is 5.73 Å². The number of para-hydroxylation sites is 1. The van der Waals surface area contributed by atoms with E-state index in [2.05, 4.69) is 9.97 Å². The molecule has 0 atom stereocenters. The molecule has 0 aliphatic rings.